The number of hydrogen-bond acceptors (Lipinski definition) is 4. The van der Waals surface area contributed by atoms with E-state index >= 15 is 0 Å². The number of benzene rings is 1. The zero-order chi connectivity index (χ0) is 15.2. The van der Waals surface area contributed by atoms with Crippen LogP contribution in [0.3, 0.4) is 0 Å². The highest BCUT2D eigenvalue weighted by Crippen LogP contribution is 2.19. The van der Waals surface area contributed by atoms with E-state index in [1.54, 1.807) is 24.3 Å². The standard InChI is InChI=1S/C16H22ClNO3/c1-3-15(20-13-6-4-12(17)5-7-13)16(19)21-14-8-10-18(2)11-9-14/h4-7,14-15H,3,8-11H2,1-2H3. The van der Waals surface area contributed by atoms with Crippen LogP contribution >= 0.6 is 11.6 Å². The van der Waals surface area contributed by atoms with Crippen LogP contribution in [0.15, 0.2) is 24.3 Å². The van der Waals surface area contributed by atoms with E-state index in [4.69, 9.17) is 21.1 Å². The SMILES string of the molecule is CCC(Oc1ccc(Cl)cc1)C(=O)OC1CCN(C)CC1. The van der Waals surface area contributed by atoms with Crippen molar-refractivity contribution in [3.05, 3.63) is 29.3 Å². The van der Waals surface area contributed by atoms with Gasteiger partial charge >= 0.3 is 5.97 Å². The van der Waals surface area contributed by atoms with E-state index in [1.807, 2.05) is 6.92 Å². The number of hydrogen-bond donors (Lipinski definition) is 0. The molecule has 0 spiro atoms. The summed E-state index contributed by atoms with van der Waals surface area (Å²) >= 11 is 5.83. The quantitative estimate of drug-likeness (QED) is 0.783. The molecule has 1 heterocycles. The maximum Gasteiger partial charge on any atom is 0.347 e. The van der Waals surface area contributed by atoms with Gasteiger partial charge in [0, 0.05) is 18.1 Å². The van der Waals surface area contributed by atoms with Gasteiger partial charge < -0.3 is 14.4 Å². The van der Waals surface area contributed by atoms with E-state index in [2.05, 4.69) is 11.9 Å². The lowest BCUT2D eigenvalue weighted by molar-refractivity contribution is -0.159. The normalized spacial score (nSPS) is 18.2. The van der Waals surface area contributed by atoms with Gasteiger partial charge in [0.1, 0.15) is 11.9 Å². The Hall–Kier alpha value is -1.26. The van der Waals surface area contributed by atoms with Crippen molar-refractivity contribution in [1.82, 2.24) is 4.90 Å². The summed E-state index contributed by atoms with van der Waals surface area (Å²) in [7, 11) is 2.08. The molecule has 1 unspecified atom stereocenters. The number of likely N-dealkylation sites (tertiary alicyclic amines) is 1. The van der Waals surface area contributed by atoms with Crippen LogP contribution in [0.4, 0.5) is 0 Å². The van der Waals surface area contributed by atoms with E-state index < -0.39 is 6.10 Å². The topological polar surface area (TPSA) is 38.8 Å². The molecular weight excluding hydrogens is 290 g/mol. The predicted octanol–water partition coefficient (Wildman–Crippen LogP) is 3.13. The molecule has 116 valence electrons. The Balaban J connectivity index is 1.87. The average Bonchev–Trinajstić information content (AvgIpc) is 2.49. The van der Waals surface area contributed by atoms with Gasteiger partial charge in [0.2, 0.25) is 0 Å². The van der Waals surface area contributed by atoms with Crippen LogP contribution < -0.4 is 4.74 Å². The number of piperidine rings is 1. The highest BCUT2D eigenvalue weighted by molar-refractivity contribution is 6.30. The summed E-state index contributed by atoms with van der Waals surface area (Å²) in [5.41, 5.74) is 0. The number of halogens is 1. The monoisotopic (exact) mass is 311 g/mol. The smallest absolute Gasteiger partial charge is 0.347 e. The summed E-state index contributed by atoms with van der Waals surface area (Å²) in [6, 6.07) is 7.00. The van der Waals surface area contributed by atoms with Crippen LogP contribution in [-0.4, -0.2) is 43.2 Å². The third-order valence-electron chi connectivity index (χ3n) is 3.67. The molecule has 21 heavy (non-hydrogen) atoms. The Kier molecular flexibility index (Phi) is 5.88. The molecule has 4 nitrogen and oxygen atoms in total. The van der Waals surface area contributed by atoms with Gasteiger partial charge in [0.15, 0.2) is 6.10 Å². The summed E-state index contributed by atoms with van der Waals surface area (Å²) in [6.45, 7) is 3.84. The van der Waals surface area contributed by atoms with Crippen molar-refractivity contribution < 1.29 is 14.3 Å². The van der Waals surface area contributed by atoms with E-state index in [-0.39, 0.29) is 12.1 Å². The molecule has 1 aromatic carbocycles. The fourth-order valence-corrected chi connectivity index (χ4v) is 2.44. The van der Waals surface area contributed by atoms with Crippen molar-refractivity contribution in [2.24, 2.45) is 0 Å². The molecule has 1 fully saturated rings. The van der Waals surface area contributed by atoms with Gasteiger partial charge in [-0.2, -0.15) is 0 Å². The van der Waals surface area contributed by atoms with Gasteiger partial charge in [0.05, 0.1) is 0 Å². The van der Waals surface area contributed by atoms with Gasteiger partial charge in [-0.25, -0.2) is 4.79 Å². The summed E-state index contributed by atoms with van der Waals surface area (Å²) in [5, 5.41) is 0.643. The van der Waals surface area contributed by atoms with Gasteiger partial charge in [-0.1, -0.05) is 18.5 Å². The first-order valence-corrected chi connectivity index (χ1v) is 7.77. The van der Waals surface area contributed by atoms with Crippen LogP contribution in [0, 0.1) is 0 Å². The van der Waals surface area contributed by atoms with Crippen molar-refractivity contribution in [3.63, 3.8) is 0 Å². The Morgan fingerprint density at radius 1 is 1.33 bits per heavy atom. The third-order valence-corrected chi connectivity index (χ3v) is 3.93. The lowest BCUT2D eigenvalue weighted by Gasteiger charge is -2.29. The molecule has 5 heteroatoms. The Morgan fingerprint density at radius 3 is 2.52 bits per heavy atom. The predicted molar refractivity (Wildman–Crippen MR) is 82.8 cm³/mol. The first kappa shape index (κ1) is 16.1. The highest BCUT2D eigenvalue weighted by atomic mass is 35.5. The first-order valence-electron chi connectivity index (χ1n) is 7.39. The Labute approximate surface area is 131 Å². The zero-order valence-corrected chi connectivity index (χ0v) is 13.3. The molecule has 0 aliphatic carbocycles. The minimum Gasteiger partial charge on any atom is -0.479 e. The fraction of sp³-hybridized carbons (Fsp3) is 0.562. The molecular formula is C16H22ClNO3. The van der Waals surface area contributed by atoms with Crippen molar-refractivity contribution in [2.75, 3.05) is 20.1 Å². The Bertz CT molecular complexity index is 455. The number of rotatable bonds is 5. The van der Waals surface area contributed by atoms with Crippen molar-refractivity contribution >= 4 is 17.6 Å². The van der Waals surface area contributed by atoms with Crippen molar-refractivity contribution in [2.45, 2.75) is 38.4 Å². The number of carbonyl (C=O) groups is 1. The van der Waals surface area contributed by atoms with Crippen LogP contribution in [0.5, 0.6) is 5.75 Å². The highest BCUT2D eigenvalue weighted by Gasteiger charge is 2.26. The summed E-state index contributed by atoms with van der Waals surface area (Å²) in [5.74, 6) is 0.355. The molecule has 0 saturated carbocycles. The van der Waals surface area contributed by atoms with Crippen LogP contribution in [0.1, 0.15) is 26.2 Å². The first-order chi connectivity index (χ1) is 10.1. The van der Waals surface area contributed by atoms with Crippen molar-refractivity contribution in [1.29, 1.82) is 0 Å². The maximum absolute atomic E-state index is 12.2. The van der Waals surface area contributed by atoms with Gasteiger partial charge in [-0.05, 0) is 50.6 Å². The lowest BCUT2D eigenvalue weighted by atomic mass is 10.1. The zero-order valence-electron chi connectivity index (χ0n) is 12.5. The maximum atomic E-state index is 12.2. The summed E-state index contributed by atoms with van der Waals surface area (Å²) in [6.07, 6.45) is 1.80. The second-order valence-corrected chi connectivity index (χ2v) is 5.84. The minimum atomic E-state index is -0.564. The number of carbonyl (C=O) groups excluding carboxylic acids is 1. The largest absolute Gasteiger partial charge is 0.479 e. The molecule has 1 atom stereocenters. The van der Waals surface area contributed by atoms with E-state index in [0.29, 0.717) is 17.2 Å². The van der Waals surface area contributed by atoms with E-state index in [0.717, 1.165) is 25.9 Å². The molecule has 2 rings (SSSR count). The number of esters is 1. The van der Waals surface area contributed by atoms with Gasteiger partial charge in [-0.15, -0.1) is 0 Å². The fourth-order valence-electron chi connectivity index (χ4n) is 2.32. The van der Waals surface area contributed by atoms with Crippen LogP contribution in [-0.2, 0) is 9.53 Å². The minimum absolute atomic E-state index is 0.0107. The number of ether oxygens (including phenoxy) is 2. The van der Waals surface area contributed by atoms with E-state index in [9.17, 15) is 4.79 Å². The summed E-state index contributed by atoms with van der Waals surface area (Å²) < 4.78 is 11.3. The van der Waals surface area contributed by atoms with Crippen molar-refractivity contribution in [3.8, 4) is 5.75 Å². The van der Waals surface area contributed by atoms with Crippen LogP contribution in [0.25, 0.3) is 0 Å². The molecule has 1 aromatic rings. The molecule has 0 bridgehead atoms. The second kappa shape index (κ2) is 7.66. The lowest BCUT2D eigenvalue weighted by Crippen LogP contribution is -2.38. The molecule has 0 radical (unpaired) electrons. The molecule has 0 amide bonds. The third kappa shape index (κ3) is 4.90. The molecule has 0 N–H and O–H groups in total. The molecule has 1 saturated heterocycles. The van der Waals surface area contributed by atoms with Gasteiger partial charge in [0.25, 0.3) is 0 Å². The summed E-state index contributed by atoms with van der Waals surface area (Å²) in [4.78, 5) is 14.5. The molecule has 1 aliphatic heterocycles. The van der Waals surface area contributed by atoms with Crippen LogP contribution in [0.2, 0.25) is 5.02 Å². The Morgan fingerprint density at radius 2 is 1.95 bits per heavy atom. The molecule has 0 aromatic heterocycles. The second-order valence-electron chi connectivity index (χ2n) is 5.41. The van der Waals surface area contributed by atoms with E-state index in [1.165, 1.54) is 0 Å². The average molecular weight is 312 g/mol. The number of nitrogens with zero attached hydrogens (tertiary/aromatic N) is 1. The molecule has 1 aliphatic rings. The van der Waals surface area contributed by atoms with Gasteiger partial charge in [-0.3, -0.25) is 0 Å².